The number of nitrogen functional groups attached to an aromatic ring is 1. The molecule has 3 heterocycles. The van der Waals surface area contributed by atoms with Gasteiger partial charge in [-0.3, -0.25) is 9.59 Å². The van der Waals surface area contributed by atoms with Crippen LogP contribution in [0, 0.1) is 13.8 Å². The predicted molar refractivity (Wildman–Crippen MR) is 129 cm³/mol. The molecule has 3 aromatic rings. The Kier molecular flexibility index (Phi) is 6.33. The lowest BCUT2D eigenvalue weighted by Gasteiger charge is -2.24. The Balaban J connectivity index is 1.66. The van der Waals surface area contributed by atoms with E-state index >= 15 is 0 Å². The Morgan fingerprint density at radius 2 is 2.03 bits per heavy atom. The van der Waals surface area contributed by atoms with Gasteiger partial charge >= 0.3 is 0 Å². The number of rotatable bonds is 5. The highest BCUT2D eigenvalue weighted by Gasteiger charge is 2.24. The van der Waals surface area contributed by atoms with Crippen LogP contribution in [0.1, 0.15) is 45.9 Å². The van der Waals surface area contributed by atoms with Gasteiger partial charge in [0.25, 0.3) is 5.91 Å². The van der Waals surface area contributed by atoms with Gasteiger partial charge in [-0.1, -0.05) is 6.07 Å². The molecule has 1 fully saturated rings. The molecule has 0 aliphatic carbocycles. The molecule has 9 nitrogen and oxygen atoms in total. The summed E-state index contributed by atoms with van der Waals surface area (Å²) in [5.74, 6) is 0.0662. The molecule has 1 atom stereocenters. The number of nitrogens with zero attached hydrogens (tertiary/aromatic N) is 4. The summed E-state index contributed by atoms with van der Waals surface area (Å²) < 4.78 is 2.04. The monoisotopic (exact) mass is 449 g/mol. The van der Waals surface area contributed by atoms with Crippen LogP contribution in [0.15, 0.2) is 24.7 Å². The largest absolute Gasteiger partial charge is 0.383 e. The third kappa shape index (κ3) is 4.41. The second kappa shape index (κ2) is 9.19. The van der Waals surface area contributed by atoms with Crippen molar-refractivity contribution in [2.75, 3.05) is 38.2 Å². The summed E-state index contributed by atoms with van der Waals surface area (Å²) in [4.78, 5) is 35.7. The minimum Gasteiger partial charge on any atom is -0.383 e. The van der Waals surface area contributed by atoms with E-state index in [1.807, 2.05) is 36.7 Å². The lowest BCUT2D eigenvalue weighted by Crippen LogP contribution is -2.31. The molecule has 1 saturated heterocycles. The summed E-state index contributed by atoms with van der Waals surface area (Å²) in [5, 5.41) is 7.01. The predicted octanol–water partition coefficient (Wildman–Crippen LogP) is 2.44. The van der Waals surface area contributed by atoms with E-state index < -0.39 is 0 Å². The van der Waals surface area contributed by atoms with Crippen LogP contribution in [-0.4, -0.2) is 58.4 Å². The fraction of sp³-hybridized carbons (Fsp3) is 0.417. The van der Waals surface area contributed by atoms with Crippen LogP contribution < -0.4 is 16.4 Å². The molecule has 0 saturated carbocycles. The van der Waals surface area contributed by atoms with Gasteiger partial charge in [-0.05, 0) is 56.0 Å². The Morgan fingerprint density at radius 3 is 2.73 bits per heavy atom. The Hall–Kier alpha value is -3.46. The zero-order valence-corrected chi connectivity index (χ0v) is 19.6. The van der Waals surface area contributed by atoms with Crippen molar-refractivity contribution in [1.82, 2.24) is 24.8 Å². The summed E-state index contributed by atoms with van der Waals surface area (Å²) in [6, 6.07) is 3.95. The molecule has 1 aliphatic heterocycles. The zero-order valence-electron chi connectivity index (χ0n) is 19.6. The Morgan fingerprint density at radius 1 is 1.24 bits per heavy atom. The van der Waals surface area contributed by atoms with Crippen LogP contribution in [0.2, 0.25) is 0 Å². The third-order valence-electron chi connectivity index (χ3n) is 6.54. The minimum atomic E-state index is -0.261. The topological polar surface area (TPSA) is 118 Å². The molecule has 0 bridgehead atoms. The number of fused-ring (bicyclic) bond motifs is 1. The van der Waals surface area contributed by atoms with Crippen molar-refractivity contribution in [2.24, 2.45) is 0 Å². The van der Waals surface area contributed by atoms with Crippen molar-refractivity contribution in [3.63, 3.8) is 0 Å². The number of nitrogens with two attached hydrogens (primary N) is 1. The zero-order chi connectivity index (χ0) is 23.7. The van der Waals surface area contributed by atoms with Crippen molar-refractivity contribution in [1.29, 1.82) is 0 Å². The molecular weight excluding hydrogens is 418 g/mol. The summed E-state index contributed by atoms with van der Waals surface area (Å²) in [6.07, 6.45) is 5.67. The highest BCUT2D eigenvalue weighted by molar-refractivity contribution is 6.15. The molecule has 4 rings (SSSR count). The number of carbonyl (C=O) groups is 2. The first-order valence-electron chi connectivity index (χ1n) is 11.2. The van der Waals surface area contributed by atoms with E-state index in [9.17, 15) is 9.59 Å². The lowest BCUT2D eigenvalue weighted by atomic mass is 9.98. The molecule has 0 radical (unpaired) electrons. The number of nitrogens with one attached hydrogen (secondary N) is 2. The molecule has 2 amide bonds. The average molecular weight is 450 g/mol. The third-order valence-corrected chi connectivity index (χ3v) is 6.54. The van der Waals surface area contributed by atoms with Gasteiger partial charge in [0.05, 0.1) is 17.4 Å². The van der Waals surface area contributed by atoms with E-state index in [0.717, 1.165) is 42.6 Å². The van der Waals surface area contributed by atoms with Crippen LogP contribution in [0.25, 0.3) is 11.0 Å². The molecule has 1 aliphatic rings. The van der Waals surface area contributed by atoms with Gasteiger partial charge < -0.3 is 25.8 Å². The van der Waals surface area contributed by atoms with Crippen LogP contribution in [0.4, 0.5) is 11.5 Å². The molecule has 33 heavy (non-hydrogen) atoms. The molecule has 0 spiro atoms. The van der Waals surface area contributed by atoms with Crippen molar-refractivity contribution in [3.05, 3.63) is 46.9 Å². The van der Waals surface area contributed by atoms with E-state index in [2.05, 4.69) is 20.6 Å². The van der Waals surface area contributed by atoms with Gasteiger partial charge in [-0.2, -0.15) is 0 Å². The maximum Gasteiger partial charge on any atom is 0.258 e. The number of piperidine rings is 1. The summed E-state index contributed by atoms with van der Waals surface area (Å²) >= 11 is 0. The number of likely N-dealkylation sites (N-methyl/N-ethyl adjacent to an activating group) is 1. The maximum absolute atomic E-state index is 13.4. The molecular formula is C24H31N7O2. The van der Waals surface area contributed by atoms with Crippen molar-refractivity contribution in [2.45, 2.75) is 39.2 Å². The summed E-state index contributed by atoms with van der Waals surface area (Å²) in [6.45, 7) is 5.73. The number of amides is 2. The van der Waals surface area contributed by atoms with Gasteiger partial charge in [-0.25, -0.2) is 9.97 Å². The maximum atomic E-state index is 13.4. The standard InChI is InChI=1S/C24H31N7O2/c1-14-15(2)19(8-7-16(14)10-20(32)30(3)4)29-24(33)18-12-31(17-6-5-9-26-11-17)23-21(18)22(25)27-13-28-23/h7-8,12-13,17,26H,5-6,9-11H2,1-4H3,(H,29,33)(H2,25,27,28)/t17-/m1/s1. The number of hydrogen-bond donors (Lipinski definition) is 3. The van der Waals surface area contributed by atoms with Crippen molar-refractivity contribution < 1.29 is 9.59 Å². The number of hydrogen-bond acceptors (Lipinski definition) is 6. The molecule has 0 unspecified atom stereocenters. The number of carbonyl (C=O) groups excluding carboxylic acids is 2. The second-order valence-corrected chi connectivity index (χ2v) is 8.85. The normalized spacial score (nSPS) is 16.1. The van der Waals surface area contributed by atoms with Crippen LogP contribution >= 0.6 is 0 Å². The SMILES string of the molecule is Cc1c(CC(=O)N(C)C)ccc(NC(=O)c2cn([C@@H]3CCCNC3)c3ncnc(N)c23)c1C. The first-order chi connectivity index (χ1) is 15.8. The van der Waals surface area contributed by atoms with Crippen molar-refractivity contribution >= 4 is 34.4 Å². The highest BCUT2D eigenvalue weighted by Crippen LogP contribution is 2.30. The molecule has 4 N–H and O–H groups in total. The van der Waals surface area contributed by atoms with Crippen LogP contribution in [0.3, 0.4) is 0 Å². The van der Waals surface area contributed by atoms with Gasteiger partial charge in [0.15, 0.2) is 0 Å². The highest BCUT2D eigenvalue weighted by atomic mass is 16.2. The quantitative estimate of drug-likeness (QED) is 0.551. The fourth-order valence-corrected chi connectivity index (χ4v) is 4.34. The minimum absolute atomic E-state index is 0.0368. The summed E-state index contributed by atoms with van der Waals surface area (Å²) in [7, 11) is 3.49. The Labute approximate surface area is 193 Å². The molecule has 1 aromatic carbocycles. The molecule has 9 heteroatoms. The van der Waals surface area contributed by atoms with Crippen LogP contribution in [0.5, 0.6) is 0 Å². The van der Waals surface area contributed by atoms with Crippen LogP contribution in [-0.2, 0) is 11.2 Å². The fourth-order valence-electron chi connectivity index (χ4n) is 4.34. The van der Waals surface area contributed by atoms with Gasteiger partial charge in [0.2, 0.25) is 5.91 Å². The Bertz CT molecular complexity index is 1210. The summed E-state index contributed by atoms with van der Waals surface area (Å²) in [5.41, 5.74) is 10.9. The van der Waals surface area contributed by atoms with E-state index in [4.69, 9.17) is 5.73 Å². The van der Waals surface area contributed by atoms with Gasteiger partial charge in [-0.15, -0.1) is 0 Å². The first kappa shape index (κ1) is 22.7. The molecule has 2 aromatic heterocycles. The second-order valence-electron chi connectivity index (χ2n) is 8.85. The van der Waals surface area contributed by atoms with E-state index in [1.54, 1.807) is 19.0 Å². The van der Waals surface area contributed by atoms with E-state index in [-0.39, 0.29) is 23.7 Å². The van der Waals surface area contributed by atoms with Gasteiger partial charge in [0, 0.05) is 38.6 Å². The molecule has 174 valence electrons. The van der Waals surface area contributed by atoms with Gasteiger partial charge in [0.1, 0.15) is 17.8 Å². The van der Waals surface area contributed by atoms with E-state index in [1.165, 1.54) is 6.33 Å². The lowest BCUT2D eigenvalue weighted by molar-refractivity contribution is -0.127. The number of aromatic nitrogens is 3. The van der Waals surface area contributed by atoms with E-state index in [0.29, 0.717) is 28.7 Å². The smallest absolute Gasteiger partial charge is 0.258 e. The number of anilines is 2. The van der Waals surface area contributed by atoms with Crippen molar-refractivity contribution in [3.8, 4) is 0 Å². The average Bonchev–Trinajstić information content (AvgIpc) is 3.20. The first-order valence-corrected chi connectivity index (χ1v) is 11.2. The number of benzene rings is 1.